The molecule has 6 heteroatoms. The van der Waals surface area contributed by atoms with Gasteiger partial charge in [0.1, 0.15) is 24.0 Å². The maximum Gasteiger partial charge on any atom is 0.290 e. The molecule has 94 valence electrons. The second kappa shape index (κ2) is 5.47. The average Bonchev–Trinajstić information content (AvgIpc) is 2.89. The van der Waals surface area contributed by atoms with E-state index in [9.17, 15) is 10.1 Å². The molecule has 1 saturated heterocycles. The van der Waals surface area contributed by atoms with Gasteiger partial charge in [0.2, 0.25) is 0 Å². The van der Waals surface area contributed by atoms with E-state index in [4.69, 9.17) is 10.00 Å². The smallest absolute Gasteiger partial charge is 0.290 e. The van der Waals surface area contributed by atoms with Crippen LogP contribution in [0.3, 0.4) is 0 Å². The fraction of sp³-hybridized carbons (Fsp3) is 0.417. The molecule has 1 aliphatic rings. The summed E-state index contributed by atoms with van der Waals surface area (Å²) in [5, 5.41) is 22.8. The Morgan fingerprint density at radius 3 is 3.06 bits per heavy atom. The first kappa shape index (κ1) is 12.3. The molecule has 1 heterocycles. The topological polar surface area (TPSA) is 88.2 Å². The molecule has 2 rings (SSSR count). The van der Waals surface area contributed by atoms with E-state index in [0.29, 0.717) is 18.4 Å². The van der Waals surface area contributed by atoms with Crippen molar-refractivity contribution in [3.05, 3.63) is 33.9 Å². The highest BCUT2D eigenvalue weighted by atomic mass is 16.6. The zero-order valence-electron chi connectivity index (χ0n) is 9.76. The summed E-state index contributed by atoms with van der Waals surface area (Å²) >= 11 is 0. The minimum atomic E-state index is -0.570. The van der Waals surface area contributed by atoms with E-state index in [-0.39, 0.29) is 11.3 Å². The molecule has 0 radical (unpaired) electrons. The maximum atomic E-state index is 10.8. The number of rotatable bonds is 4. The van der Waals surface area contributed by atoms with Gasteiger partial charge in [-0.2, -0.15) is 5.26 Å². The highest BCUT2D eigenvalue weighted by Crippen LogP contribution is 2.24. The van der Waals surface area contributed by atoms with Crippen LogP contribution in [0.4, 0.5) is 5.69 Å². The Kier molecular flexibility index (Phi) is 3.75. The minimum absolute atomic E-state index is 0.0475. The number of nitrogens with zero attached hydrogens (tertiary/aromatic N) is 2. The third-order valence-corrected chi connectivity index (χ3v) is 2.90. The number of nitro groups is 1. The van der Waals surface area contributed by atoms with Crippen LogP contribution in [0.15, 0.2) is 18.2 Å². The molecule has 6 nitrogen and oxygen atoms in total. The quantitative estimate of drug-likeness (QED) is 0.644. The third-order valence-electron chi connectivity index (χ3n) is 2.90. The van der Waals surface area contributed by atoms with Crippen molar-refractivity contribution >= 4 is 5.69 Å². The van der Waals surface area contributed by atoms with Crippen molar-refractivity contribution in [1.29, 1.82) is 5.26 Å². The summed E-state index contributed by atoms with van der Waals surface area (Å²) in [7, 11) is 0. The number of ether oxygens (including phenoxy) is 1. The van der Waals surface area contributed by atoms with Crippen LogP contribution >= 0.6 is 0 Å². The van der Waals surface area contributed by atoms with Crippen LogP contribution in [0, 0.1) is 21.4 Å². The zero-order valence-corrected chi connectivity index (χ0v) is 9.76. The number of hydrogen-bond donors (Lipinski definition) is 1. The Morgan fingerprint density at radius 1 is 1.61 bits per heavy atom. The molecule has 0 aromatic heterocycles. The summed E-state index contributed by atoms with van der Waals surface area (Å²) in [6.07, 6.45) is 2.18. The fourth-order valence-corrected chi connectivity index (χ4v) is 1.94. The van der Waals surface area contributed by atoms with Gasteiger partial charge in [-0.25, -0.2) is 0 Å². The number of hydrogen-bond acceptors (Lipinski definition) is 5. The van der Waals surface area contributed by atoms with Crippen LogP contribution in [0.1, 0.15) is 18.4 Å². The van der Waals surface area contributed by atoms with Gasteiger partial charge in [0.15, 0.2) is 0 Å². The predicted molar refractivity (Wildman–Crippen MR) is 64.3 cm³/mol. The predicted octanol–water partition coefficient (Wildman–Crippen LogP) is 1.60. The van der Waals surface area contributed by atoms with Crippen molar-refractivity contribution in [3.63, 3.8) is 0 Å². The molecule has 0 bridgehead atoms. The Bertz CT molecular complexity index is 490. The van der Waals surface area contributed by atoms with Crippen molar-refractivity contribution in [2.45, 2.75) is 18.9 Å². The lowest BCUT2D eigenvalue weighted by atomic mass is 10.2. The van der Waals surface area contributed by atoms with Crippen LogP contribution in [0.2, 0.25) is 0 Å². The van der Waals surface area contributed by atoms with Crippen molar-refractivity contribution in [2.75, 3.05) is 13.2 Å². The largest absolute Gasteiger partial charge is 0.492 e. The first-order valence-electron chi connectivity index (χ1n) is 5.75. The van der Waals surface area contributed by atoms with E-state index in [0.717, 1.165) is 19.4 Å². The third kappa shape index (κ3) is 2.76. The van der Waals surface area contributed by atoms with Gasteiger partial charge in [0, 0.05) is 6.04 Å². The first-order chi connectivity index (χ1) is 8.70. The monoisotopic (exact) mass is 247 g/mol. The van der Waals surface area contributed by atoms with Crippen LogP contribution in [-0.4, -0.2) is 24.1 Å². The lowest BCUT2D eigenvalue weighted by Crippen LogP contribution is -2.28. The second-order valence-corrected chi connectivity index (χ2v) is 4.15. The van der Waals surface area contributed by atoms with Gasteiger partial charge in [0.05, 0.1) is 11.0 Å². The Labute approximate surface area is 104 Å². The Balaban J connectivity index is 2.07. The molecular weight excluding hydrogens is 234 g/mol. The molecule has 0 spiro atoms. The molecule has 1 fully saturated rings. The van der Waals surface area contributed by atoms with E-state index in [1.54, 1.807) is 12.1 Å². The molecular formula is C12H13N3O3. The number of nitro benzene ring substituents is 1. The SMILES string of the molecule is N#Cc1ccc(OCC2CCCN2)cc1[N+](=O)[O-]. The summed E-state index contributed by atoms with van der Waals surface area (Å²) in [5.74, 6) is 0.425. The molecule has 18 heavy (non-hydrogen) atoms. The molecule has 1 N–H and O–H groups in total. The number of nitriles is 1. The Morgan fingerprint density at radius 2 is 2.44 bits per heavy atom. The molecule has 1 unspecified atom stereocenters. The standard InChI is InChI=1S/C12H13N3O3/c13-7-9-3-4-11(6-12(9)15(16)17)18-8-10-2-1-5-14-10/h3-4,6,10,14H,1-2,5,8H2. The van der Waals surface area contributed by atoms with Gasteiger partial charge < -0.3 is 10.1 Å². The van der Waals surface area contributed by atoms with Crippen molar-refractivity contribution in [1.82, 2.24) is 5.32 Å². The van der Waals surface area contributed by atoms with Gasteiger partial charge >= 0.3 is 0 Å². The molecule has 1 aromatic rings. The lowest BCUT2D eigenvalue weighted by Gasteiger charge is -2.11. The molecule has 1 atom stereocenters. The van der Waals surface area contributed by atoms with Crippen LogP contribution in [0.25, 0.3) is 0 Å². The zero-order chi connectivity index (χ0) is 13.0. The molecule has 1 aliphatic heterocycles. The van der Waals surface area contributed by atoms with Crippen LogP contribution in [-0.2, 0) is 0 Å². The maximum absolute atomic E-state index is 10.8. The fourth-order valence-electron chi connectivity index (χ4n) is 1.94. The first-order valence-corrected chi connectivity index (χ1v) is 5.75. The summed E-state index contributed by atoms with van der Waals surface area (Å²) in [4.78, 5) is 10.2. The normalized spacial score (nSPS) is 18.3. The van der Waals surface area contributed by atoms with E-state index < -0.39 is 4.92 Å². The highest BCUT2D eigenvalue weighted by Gasteiger charge is 2.17. The molecule has 1 aromatic carbocycles. The van der Waals surface area contributed by atoms with Gasteiger partial charge in [-0.15, -0.1) is 0 Å². The molecule has 0 aliphatic carbocycles. The van der Waals surface area contributed by atoms with Gasteiger partial charge in [-0.05, 0) is 31.5 Å². The summed E-state index contributed by atoms with van der Waals surface area (Å²) < 4.78 is 5.50. The van der Waals surface area contributed by atoms with Gasteiger partial charge in [-0.3, -0.25) is 10.1 Å². The van der Waals surface area contributed by atoms with Gasteiger partial charge in [-0.1, -0.05) is 0 Å². The highest BCUT2D eigenvalue weighted by molar-refractivity contribution is 5.52. The average molecular weight is 247 g/mol. The summed E-state index contributed by atoms with van der Waals surface area (Å²) in [6.45, 7) is 1.48. The lowest BCUT2D eigenvalue weighted by molar-refractivity contribution is -0.385. The molecule has 0 amide bonds. The number of nitrogens with one attached hydrogen (secondary N) is 1. The Hall–Kier alpha value is -2.13. The van der Waals surface area contributed by atoms with E-state index >= 15 is 0 Å². The second-order valence-electron chi connectivity index (χ2n) is 4.15. The van der Waals surface area contributed by atoms with Crippen molar-refractivity contribution in [2.24, 2.45) is 0 Å². The molecule has 0 saturated carbocycles. The van der Waals surface area contributed by atoms with Gasteiger partial charge in [0.25, 0.3) is 5.69 Å². The minimum Gasteiger partial charge on any atom is -0.492 e. The number of benzene rings is 1. The summed E-state index contributed by atoms with van der Waals surface area (Å²) in [6, 6.07) is 6.39. The van der Waals surface area contributed by atoms with E-state index in [1.165, 1.54) is 12.1 Å². The van der Waals surface area contributed by atoms with E-state index in [1.807, 2.05) is 0 Å². The van der Waals surface area contributed by atoms with Crippen LogP contribution < -0.4 is 10.1 Å². The van der Waals surface area contributed by atoms with Crippen LogP contribution in [0.5, 0.6) is 5.75 Å². The van der Waals surface area contributed by atoms with Crippen molar-refractivity contribution in [3.8, 4) is 11.8 Å². The summed E-state index contributed by atoms with van der Waals surface area (Å²) in [5.41, 5.74) is -0.166. The van der Waals surface area contributed by atoms with E-state index in [2.05, 4.69) is 5.32 Å². The van der Waals surface area contributed by atoms with Crippen molar-refractivity contribution < 1.29 is 9.66 Å².